The smallest absolute Gasteiger partial charge is 0.244 e. The summed E-state index contributed by atoms with van der Waals surface area (Å²) in [4.78, 5) is 29.1. The minimum absolute atomic E-state index is 0.141. The fraction of sp³-hybridized carbons (Fsp3) is 0.333. The number of rotatable bonds is 13. The van der Waals surface area contributed by atoms with E-state index >= 15 is 0 Å². The largest absolute Gasteiger partial charge is 0.497 e. The van der Waals surface area contributed by atoms with Gasteiger partial charge in [-0.3, -0.25) is 13.9 Å². The van der Waals surface area contributed by atoms with Crippen molar-refractivity contribution in [3.05, 3.63) is 96.1 Å². The lowest BCUT2D eigenvalue weighted by atomic mass is 10.0. The van der Waals surface area contributed by atoms with Crippen LogP contribution in [0.15, 0.2) is 84.9 Å². The number of carbonyl (C=O) groups excluding carboxylic acids is 2. The molecule has 0 aliphatic heterocycles. The van der Waals surface area contributed by atoms with Crippen LogP contribution >= 0.6 is 0 Å². The molecular formula is C30H37N3O5S. The van der Waals surface area contributed by atoms with Gasteiger partial charge in [0, 0.05) is 25.6 Å². The molecule has 2 amide bonds. The van der Waals surface area contributed by atoms with Crippen molar-refractivity contribution in [3.8, 4) is 5.75 Å². The van der Waals surface area contributed by atoms with Gasteiger partial charge in [-0.15, -0.1) is 0 Å². The molecule has 8 nitrogen and oxygen atoms in total. The van der Waals surface area contributed by atoms with Crippen LogP contribution in [0, 0.1) is 5.92 Å². The fourth-order valence-electron chi connectivity index (χ4n) is 4.14. The molecule has 0 heterocycles. The number of anilines is 1. The number of nitrogens with zero attached hydrogens (tertiary/aromatic N) is 2. The lowest BCUT2D eigenvalue weighted by Crippen LogP contribution is -2.53. The normalized spacial score (nSPS) is 12.0. The van der Waals surface area contributed by atoms with E-state index in [0.717, 1.165) is 21.7 Å². The van der Waals surface area contributed by atoms with Crippen LogP contribution in [-0.4, -0.2) is 57.6 Å². The van der Waals surface area contributed by atoms with Crippen LogP contribution in [-0.2, 0) is 32.6 Å². The van der Waals surface area contributed by atoms with Gasteiger partial charge < -0.3 is 15.0 Å². The lowest BCUT2D eigenvalue weighted by molar-refractivity contribution is -0.140. The minimum Gasteiger partial charge on any atom is -0.497 e. The number of hydrogen-bond acceptors (Lipinski definition) is 5. The van der Waals surface area contributed by atoms with Crippen LogP contribution in [0.3, 0.4) is 0 Å². The Hall–Kier alpha value is -3.85. The molecule has 0 bridgehead atoms. The zero-order valence-electron chi connectivity index (χ0n) is 22.9. The molecule has 208 valence electrons. The molecule has 0 saturated carbocycles. The highest BCUT2D eigenvalue weighted by atomic mass is 32.2. The van der Waals surface area contributed by atoms with Gasteiger partial charge in [-0.05, 0) is 29.2 Å². The molecule has 0 aliphatic rings. The highest BCUT2D eigenvalue weighted by molar-refractivity contribution is 7.92. The van der Waals surface area contributed by atoms with E-state index in [-0.39, 0.29) is 24.8 Å². The Labute approximate surface area is 231 Å². The summed E-state index contributed by atoms with van der Waals surface area (Å²) >= 11 is 0. The molecule has 0 fully saturated rings. The first kappa shape index (κ1) is 29.7. The van der Waals surface area contributed by atoms with Crippen molar-refractivity contribution < 1.29 is 22.7 Å². The number of ether oxygens (including phenoxy) is 1. The average molecular weight is 552 g/mol. The van der Waals surface area contributed by atoms with E-state index in [0.29, 0.717) is 18.0 Å². The molecule has 0 unspecified atom stereocenters. The Morgan fingerprint density at radius 3 is 2.08 bits per heavy atom. The highest BCUT2D eigenvalue weighted by Crippen LogP contribution is 2.24. The maximum Gasteiger partial charge on any atom is 0.244 e. The molecule has 3 rings (SSSR count). The maximum atomic E-state index is 14.0. The lowest BCUT2D eigenvalue weighted by Gasteiger charge is -2.33. The highest BCUT2D eigenvalue weighted by Gasteiger charge is 2.33. The van der Waals surface area contributed by atoms with E-state index in [2.05, 4.69) is 5.32 Å². The summed E-state index contributed by atoms with van der Waals surface area (Å²) in [5.41, 5.74) is 2.02. The summed E-state index contributed by atoms with van der Waals surface area (Å²) in [6, 6.07) is 24.5. The molecule has 1 N–H and O–H groups in total. The van der Waals surface area contributed by atoms with Gasteiger partial charge in [0.15, 0.2) is 0 Å². The Morgan fingerprint density at radius 2 is 1.51 bits per heavy atom. The van der Waals surface area contributed by atoms with Crippen LogP contribution in [0.4, 0.5) is 5.69 Å². The van der Waals surface area contributed by atoms with E-state index in [1.807, 2.05) is 74.5 Å². The zero-order chi connectivity index (χ0) is 28.4. The SMILES string of the molecule is COc1cccc(N(CC(=O)N(Cc2ccccc2)[C@H](Cc2ccccc2)C(=O)NCC(C)C)S(C)(=O)=O)c1. The van der Waals surface area contributed by atoms with Gasteiger partial charge in [0.1, 0.15) is 18.3 Å². The number of methoxy groups -OCH3 is 1. The quantitative estimate of drug-likeness (QED) is 0.348. The molecule has 0 radical (unpaired) electrons. The number of hydrogen-bond donors (Lipinski definition) is 1. The van der Waals surface area contributed by atoms with Gasteiger partial charge >= 0.3 is 0 Å². The van der Waals surface area contributed by atoms with Crippen molar-refractivity contribution in [2.75, 3.05) is 30.8 Å². The van der Waals surface area contributed by atoms with Gasteiger partial charge in [0.25, 0.3) is 0 Å². The molecule has 0 saturated heterocycles. The summed E-state index contributed by atoms with van der Waals surface area (Å²) in [5.74, 6) is -0.0972. The number of nitrogens with one attached hydrogen (secondary N) is 1. The van der Waals surface area contributed by atoms with Crippen molar-refractivity contribution >= 4 is 27.5 Å². The summed E-state index contributed by atoms with van der Waals surface area (Å²) in [6.07, 6.45) is 1.33. The zero-order valence-corrected chi connectivity index (χ0v) is 23.7. The Bertz CT molecular complexity index is 1330. The summed E-state index contributed by atoms with van der Waals surface area (Å²) in [6.45, 7) is 4.12. The summed E-state index contributed by atoms with van der Waals surface area (Å²) in [5, 5.41) is 2.97. The first-order valence-electron chi connectivity index (χ1n) is 12.8. The Kier molecular flexibility index (Phi) is 10.5. The first-order chi connectivity index (χ1) is 18.6. The molecule has 9 heteroatoms. The molecule has 0 spiro atoms. The van der Waals surface area contributed by atoms with Crippen LogP contribution in [0.25, 0.3) is 0 Å². The minimum atomic E-state index is -3.84. The average Bonchev–Trinajstić information content (AvgIpc) is 2.92. The number of carbonyl (C=O) groups is 2. The third kappa shape index (κ3) is 8.85. The topological polar surface area (TPSA) is 96.0 Å². The molecule has 39 heavy (non-hydrogen) atoms. The van der Waals surface area contributed by atoms with Crippen molar-refractivity contribution in [2.45, 2.75) is 32.9 Å². The fourth-order valence-corrected chi connectivity index (χ4v) is 4.98. The van der Waals surface area contributed by atoms with Crippen molar-refractivity contribution in [3.63, 3.8) is 0 Å². The predicted octanol–water partition coefficient (Wildman–Crippen LogP) is 3.87. The second-order valence-corrected chi connectivity index (χ2v) is 11.7. The van der Waals surface area contributed by atoms with E-state index < -0.39 is 28.5 Å². The Morgan fingerprint density at radius 1 is 0.897 bits per heavy atom. The van der Waals surface area contributed by atoms with Crippen LogP contribution in [0.5, 0.6) is 5.75 Å². The number of amides is 2. The van der Waals surface area contributed by atoms with Gasteiger partial charge in [-0.25, -0.2) is 8.42 Å². The van der Waals surface area contributed by atoms with E-state index in [9.17, 15) is 18.0 Å². The van der Waals surface area contributed by atoms with Crippen LogP contribution in [0.2, 0.25) is 0 Å². The van der Waals surface area contributed by atoms with Crippen molar-refractivity contribution in [1.82, 2.24) is 10.2 Å². The van der Waals surface area contributed by atoms with Gasteiger partial charge in [-0.2, -0.15) is 0 Å². The van der Waals surface area contributed by atoms with Crippen LogP contribution in [0.1, 0.15) is 25.0 Å². The van der Waals surface area contributed by atoms with Gasteiger partial charge in [0.05, 0.1) is 19.1 Å². The second kappa shape index (κ2) is 13.8. The first-order valence-corrected chi connectivity index (χ1v) is 14.7. The molecule has 1 atom stereocenters. The third-order valence-corrected chi connectivity index (χ3v) is 7.31. The number of sulfonamides is 1. The predicted molar refractivity (Wildman–Crippen MR) is 154 cm³/mol. The van der Waals surface area contributed by atoms with E-state index in [1.165, 1.54) is 12.0 Å². The molecular weight excluding hydrogens is 514 g/mol. The molecule has 0 aliphatic carbocycles. The van der Waals surface area contributed by atoms with E-state index in [1.54, 1.807) is 24.3 Å². The van der Waals surface area contributed by atoms with Crippen molar-refractivity contribution in [2.24, 2.45) is 5.92 Å². The van der Waals surface area contributed by atoms with E-state index in [4.69, 9.17) is 4.74 Å². The molecule has 3 aromatic rings. The number of benzene rings is 3. The van der Waals surface area contributed by atoms with Crippen molar-refractivity contribution in [1.29, 1.82) is 0 Å². The maximum absolute atomic E-state index is 14.0. The molecule has 0 aromatic heterocycles. The summed E-state index contributed by atoms with van der Waals surface area (Å²) < 4.78 is 32.0. The van der Waals surface area contributed by atoms with Gasteiger partial charge in [0.2, 0.25) is 21.8 Å². The standard InChI is InChI=1S/C30H37N3O5S/c1-23(2)20-31-30(35)28(18-24-12-7-5-8-13-24)32(21-25-14-9-6-10-15-25)29(34)22-33(39(4,36)37)26-16-11-17-27(19-26)38-3/h5-17,19,23,28H,18,20-22H2,1-4H3,(H,31,35)/t28-/m1/s1. The monoisotopic (exact) mass is 551 g/mol. The third-order valence-electron chi connectivity index (χ3n) is 6.17. The molecule has 3 aromatic carbocycles. The van der Waals surface area contributed by atoms with Gasteiger partial charge in [-0.1, -0.05) is 80.6 Å². The second-order valence-electron chi connectivity index (χ2n) is 9.82. The van der Waals surface area contributed by atoms with Crippen LogP contribution < -0.4 is 14.4 Å². The Balaban J connectivity index is 2.03. The summed E-state index contributed by atoms with van der Waals surface area (Å²) in [7, 11) is -2.35.